The topological polar surface area (TPSA) is 41.3 Å². The summed E-state index contributed by atoms with van der Waals surface area (Å²) in [5.74, 6) is 0.643. The third kappa shape index (κ3) is 4.86. The summed E-state index contributed by atoms with van der Waals surface area (Å²) in [5.41, 5.74) is 0.959. The molecule has 2 heterocycles. The van der Waals surface area contributed by atoms with Crippen LogP contribution in [0.1, 0.15) is 31.3 Å². The number of rotatable bonds is 8. The van der Waals surface area contributed by atoms with Gasteiger partial charge in [-0.25, -0.2) is 0 Å². The minimum Gasteiger partial charge on any atom is -0.432 e. The van der Waals surface area contributed by atoms with Crippen molar-refractivity contribution in [3.63, 3.8) is 0 Å². The first-order valence-corrected chi connectivity index (χ1v) is 8.34. The summed E-state index contributed by atoms with van der Waals surface area (Å²) >= 11 is 1.80. The van der Waals surface area contributed by atoms with E-state index in [2.05, 4.69) is 53.5 Å². The van der Waals surface area contributed by atoms with Gasteiger partial charge in [0.2, 0.25) is 0 Å². The maximum Gasteiger partial charge on any atom is 0.297 e. The van der Waals surface area contributed by atoms with Crippen LogP contribution in [0, 0.1) is 5.92 Å². The summed E-state index contributed by atoms with van der Waals surface area (Å²) in [6.45, 7) is 8.34. The van der Waals surface area contributed by atoms with Crippen molar-refractivity contribution in [3.05, 3.63) is 34.3 Å². The van der Waals surface area contributed by atoms with Crippen LogP contribution in [-0.2, 0) is 13.0 Å². The number of anilines is 1. The molecule has 21 heavy (non-hydrogen) atoms. The van der Waals surface area contributed by atoms with Crippen LogP contribution in [0.25, 0.3) is 0 Å². The van der Waals surface area contributed by atoms with Crippen molar-refractivity contribution in [2.75, 3.05) is 18.5 Å². The monoisotopic (exact) mass is 307 g/mol. The Kier molecular flexibility index (Phi) is 5.82. The van der Waals surface area contributed by atoms with Crippen molar-refractivity contribution in [3.8, 4) is 0 Å². The van der Waals surface area contributed by atoms with Gasteiger partial charge < -0.3 is 14.6 Å². The summed E-state index contributed by atoms with van der Waals surface area (Å²) in [7, 11) is 2.04. The molecule has 0 aliphatic carbocycles. The Morgan fingerprint density at radius 1 is 1.38 bits per heavy atom. The first kappa shape index (κ1) is 16.0. The molecule has 4 nitrogen and oxygen atoms in total. The molecule has 0 saturated carbocycles. The second-order valence-corrected chi connectivity index (χ2v) is 6.92. The maximum atomic E-state index is 5.60. The van der Waals surface area contributed by atoms with Gasteiger partial charge in [-0.1, -0.05) is 19.9 Å². The standard InChI is InChI=1S/C16H25N3OS/c1-12(2)9-17-10-14-11-20-16(18-14)19(4)13(3)8-15-6-5-7-21-15/h5-7,11-13,17H,8-10H2,1-4H3. The third-order valence-electron chi connectivity index (χ3n) is 3.44. The summed E-state index contributed by atoms with van der Waals surface area (Å²) in [6, 6.07) is 5.32. The van der Waals surface area contributed by atoms with E-state index in [0.29, 0.717) is 18.0 Å². The van der Waals surface area contributed by atoms with Gasteiger partial charge in [0.15, 0.2) is 0 Å². The van der Waals surface area contributed by atoms with Crippen LogP contribution in [0.4, 0.5) is 6.01 Å². The van der Waals surface area contributed by atoms with Crippen LogP contribution in [0.15, 0.2) is 28.2 Å². The van der Waals surface area contributed by atoms with Crippen molar-refractivity contribution >= 4 is 17.4 Å². The maximum absolute atomic E-state index is 5.60. The lowest BCUT2D eigenvalue weighted by Gasteiger charge is -2.22. The molecule has 0 spiro atoms. The number of nitrogens with zero attached hydrogens (tertiary/aromatic N) is 2. The van der Waals surface area contributed by atoms with Gasteiger partial charge in [0.1, 0.15) is 6.26 Å². The molecule has 0 amide bonds. The fraction of sp³-hybridized carbons (Fsp3) is 0.562. The molecule has 0 saturated heterocycles. The van der Waals surface area contributed by atoms with E-state index in [1.807, 2.05) is 7.05 Å². The van der Waals surface area contributed by atoms with Crippen LogP contribution in [-0.4, -0.2) is 24.6 Å². The van der Waals surface area contributed by atoms with Crippen LogP contribution < -0.4 is 10.2 Å². The molecular weight excluding hydrogens is 282 g/mol. The van der Waals surface area contributed by atoms with Gasteiger partial charge in [-0.15, -0.1) is 11.3 Å². The SMILES string of the molecule is CC(C)CNCc1coc(N(C)C(C)Cc2cccs2)n1. The normalized spacial score (nSPS) is 12.8. The van der Waals surface area contributed by atoms with Gasteiger partial charge in [0.05, 0.1) is 5.69 Å². The van der Waals surface area contributed by atoms with Crippen LogP contribution in [0.5, 0.6) is 0 Å². The zero-order valence-electron chi connectivity index (χ0n) is 13.3. The van der Waals surface area contributed by atoms with Gasteiger partial charge >= 0.3 is 0 Å². The Morgan fingerprint density at radius 2 is 2.19 bits per heavy atom. The number of likely N-dealkylation sites (N-methyl/N-ethyl adjacent to an activating group) is 1. The molecule has 0 radical (unpaired) electrons. The molecule has 1 N–H and O–H groups in total. The number of nitrogens with one attached hydrogen (secondary N) is 1. The molecule has 2 aromatic heterocycles. The van der Waals surface area contributed by atoms with Crippen molar-refractivity contribution in [1.29, 1.82) is 0 Å². The fourth-order valence-electron chi connectivity index (χ4n) is 2.07. The zero-order valence-corrected chi connectivity index (χ0v) is 14.1. The van der Waals surface area contributed by atoms with E-state index in [4.69, 9.17) is 4.42 Å². The molecule has 1 atom stereocenters. The van der Waals surface area contributed by atoms with Crippen molar-refractivity contribution < 1.29 is 4.42 Å². The summed E-state index contributed by atoms with van der Waals surface area (Å²) < 4.78 is 5.60. The lowest BCUT2D eigenvalue weighted by atomic mass is 10.2. The van der Waals surface area contributed by atoms with E-state index >= 15 is 0 Å². The molecule has 2 aromatic rings. The number of oxazole rings is 1. The third-order valence-corrected chi connectivity index (χ3v) is 4.34. The minimum atomic E-state index is 0.360. The van der Waals surface area contributed by atoms with Crippen LogP contribution >= 0.6 is 11.3 Å². The molecule has 0 fully saturated rings. The lowest BCUT2D eigenvalue weighted by Crippen LogP contribution is -2.30. The van der Waals surface area contributed by atoms with Crippen molar-refractivity contribution in [2.24, 2.45) is 5.92 Å². The Morgan fingerprint density at radius 3 is 2.86 bits per heavy atom. The van der Waals surface area contributed by atoms with Crippen molar-refractivity contribution in [2.45, 2.75) is 39.8 Å². The van der Waals surface area contributed by atoms with Crippen LogP contribution in [0.3, 0.4) is 0 Å². The Hall–Kier alpha value is -1.33. The quantitative estimate of drug-likeness (QED) is 0.810. The molecule has 0 aliphatic heterocycles. The van der Waals surface area contributed by atoms with Gasteiger partial charge in [0.25, 0.3) is 6.01 Å². The minimum absolute atomic E-state index is 0.360. The van der Waals surface area contributed by atoms with E-state index in [-0.39, 0.29) is 0 Å². The highest BCUT2D eigenvalue weighted by Crippen LogP contribution is 2.19. The summed E-state index contributed by atoms with van der Waals surface area (Å²) in [5, 5.41) is 5.50. The molecule has 1 unspecified atom stereocenters. The van der Waals surface area contributed by atoms with Gasteiger partial charge in [-0.2, -0.15) is 4.98 Å². The highest BCUT2D eigenvalue weighted by molar-refractivity contribution is 7.09. The fourth-order valence-corrected chi connectivity index (χ4v) is 2.90. The Bertz CT molecular complexity index is 521. The average Bonchev–Trinajstić information content (AvgIpc) is 3.09. The second-order valence-electron chi connectivity index (χ2n) is 5.89. The van der Waals surface area contributed by atoms with E-state index in [0.717, 1.165) is 25.2 Å². The molecule has 0 bridgehead atoms. The van der Waals surface area contributed by atoms with E-state index in [9.17, 15) is 0 Å². The lowest BCUT2D eigenvalue weighted by molar-refractivity contribution is 0.517. The molecule has 0 aromatic carbocycles. The largest absolute Gasteiger partial charge is 0.432 e. The van der Waals surface area contributed by atoms with Gasteiger partial charge in [0, 0.05) is 30.9 Å². The smallest absolute Gasteiger partial charge is 0.297 e. The van der Waals surface area contributed by atoms with E-state index in [1.165, 1.54) is 4.88 Å². The Labute approximate surface area is 131 Å². The first-order chi connectivity index (χ1) is 10.1. The predicted molar refractivity (Wildman–Crippen MR) is 88.9 cm³/mol. The van der Waals surface area contributed by atoms with Crippen molar-refractivity contribution in [1.82, 2.24) is 10.3 Å². The van der Waals surface area contributed by atoms with Gasteiger partial charge in [-0.05, 0) is 30.8 Å². The molecule has 5 heteroatoms. The predicted octanol–water partition coefficient (Wildman–Crippen LogP) is 3.55. The molecular formula is C16H25N3OS. The van der Waals surface area contributed by atoms with E-state index in [1.54, 1.807) is 17.6 Å². The zero-order chi connectivity index (χ0) is 15.2. The first-order valence-electron chi connectivity index (χ1n) is 7.46. The summed E-state index contributed by atoms with van der Waals surface area (Å²) in [6.07, 6.45) is 2.76. The van der Waals surface area contributed by atoms with E-state index < -0.39 is 0 Å². The average molecular weight is 307 g/mol. The Balaban J connectivity index is 1.87. The summed E-state index contributed by atoms with van der Waals surface area (Å²) in [4.78, 5) is 8.05. The molecule has 0 aliphatic rings. The second kappa shape index (κ2) is 7.61. The molecule has 116 valence electrons. The number of hydrogen-bond acceptors (Lipinski definition) is 5. The van der Waals surface area contributed by atoms with Crippen LogP contribution in [0.2, 0.25) is 0 Å². The number of hydrogen-bond donors (Lipinski definition) is 1. The highest BCUT2D eigenvalue weighted by atomic mass is 32.1. The van der Waals surface area contributed by atoms with Gasteiger partial charge in [-0.3, -0.25) is 0 Å². The number of thiophene rings is 1. The number of aromatic nitrogens is 1. The highest BCUT2D eigenvalue weighted by Gasteiger charge is 2.16. The molecule has 2 rings (SSSR count).